The van der Waals surface area contributed by atoms with E-state index >= 15 is 0 Å². The van der Waals surface area contributed by atoms with Crippen LogP contribution < -0.4 is 0 Å². The van der Waals surface area contributed by atoms with E-state index in [0.29, 0.717) is 23.7 Å². The second kappa shape index (κ2) is 6.43. The van der Waals surface area contributed by atoms with Gasteiger partial charge in [-0.05, 0) is 36.3 Å². The van der Waals surface area contributed by atoms with Crippen molar-refractivity contribution in [3.05, 3.63) is 29.8 Å². The lowest BCUT2D eigenvalue weighted by Gasteiger charge is -2.25. The lowest BCUT2D eigenvalue weighted by Crippen LogP contribution is -2.34. The highest BCUT2D eigenvalue weighted by Crippen LogP contribution is 2.40. The molecule has 1 amide bonds. The number of carbonyl (C=O) groups is 1. The zero-order chi connectivity index (χ0) is 14.8. The molecule has 1 fully saturated rings. The molecule has 3 rings (SSSR count). The van der Waals surface area contributed by atoms with Gasteiger partial charge >= 0.3 is 0 Å². The Kier molecular flexibility index (Phi) is 4.58. The first-order valence-corrected chi connectivity index (χ1v) is 9.13. The Morgan fingerprint density at radius 1 is 1.29 bits per heavy atom. The number of benzene rings is 1. The molecule has 2 aliphatic rings. The van der Waals surface area contributed by atoms with Crippen LogP contribution in [-0.2, 0) is 4.79 Å². The molecule has 0 bridgehead atoms. The minimum absolute atomic E-state index is 0.368. The van der Waals surface area contributed by atoms with E-state index in [4.69, 9.17) is 0 Å². The number of hydrogen-bond donors (Lipinski definition) is 0. The van der Waals surface area contributed by atoms with Gasteiger partial charge in [0, 0.05) is 36.1 Å². The van der Waals surface area contributed by atoms with Crippen LogP contribution in [0.4, 0.5) is 0 Å². The van der Waals surface area contributed by atoms with Crippen LogP contribution in [0.3, 0.4) is 0 Å². The topological polar surface area (TPSA) is 20.3 Å². The summed E-state index contributed by atoms with van der Waals surface area (Å²) < 4.78 is 0. The fraction of sp³-hybridized carbons (Fsp3) is 0.611. The Morgan fingerprint density at radius 2 is 2.10 bits per heavy atom. The van der Waals surface area contributed by atoms with Crippen LogP contribution in [0.15, 0.2) is 29.2 Å². The van der Waals surface area contributed by atoms with Crippen molar-refractivity contribution in [3.63, 3.8) is 0 Å². The molecule has 1 aromatic rings. The van der Waals surface area contributed by atoms with E-state index in [1.807, 2.05) is 11.8 Å². The summed E-state index contributed by atoms with van der Waals surface area (Å²) in [5.41, 5.74) is 1.44. The van der Waals surface area contributed by atoms with Gasteiger partial charge in [-0.25, -0.2) is 0 Å². The van der Waals surface area contributed by atoms with E-state index in [-0.39, 0.29) is 0 Å². The van der Waals surface area contributed by atoms with Gasteiger partial charge in [-0.2, -0.15) is 0 Å². The molecular formula is C18H25NOS. The van der Waals surface area contributed by atoms with Gasteiger partial charge in [0.05, 0.1) is 0 Å². The first-order chi connectivity index (χ1) is 10.1. The number of carbonyl (C=O) groups excluding carboxylic acids is 1. The van der Waals surface area contributed by atoms with Gasteiger partial charge in [0.25, 0.3) is 0 Å². The molecule has 0 N–H and O–H groups in total. The fourth-order valence-corrected chi connectivity index (χ4v) is 4.81. The maximum atomic E-state index is 12.4. The molecule has 2 atom stereocenters. The van der Waals surface area contributed by atoms with Crippen LogP contribution in [0.25, 0.3) is 0 Å². The van der Waals surface area contributed by atoms with Crippen molar-refractivity contribution < 1.29 is 4.79 Å². The lowest BCUT2D eigenvalue weighted by atomic mass is 9.89. The van der Waals surface area contributed by atoms with E-state index in [1.165, 1.54) is 16.9 Å². The maximum absolute atomic E-state index is 12.4. The molecule has 0 saturated carbocycles. The van der Waals surface area contributed by atoms with Crippen molar-refractivity contribution in [2.75, 3.05) is 18.8 Å². The molecule has 2 heterocycles. The van der Waals surface area contributed by atoms with Crippen molar-refractivity contribution in [1.29, 1.82) is 0 Å². The van der Waals surface area contributed by atoms with E-state index in [9.17, 15) is 4.79 Å². The van der Waals surface area contributed by atoms with E-state index < -0.39 is 0 Å². The van der Waals surface area contributed by atoms with Crippen LogP contribution >= 0.6 is 11.8 Å². The molecule has 0 aliphatic carbocycles. The van der Waals surface area contributed by atoms with Crippen molar-refractivity contribution in [1.82, 2.24) is 4.90 Å². The van der Waals surface area contributed by atoms with Crippen LogP contribution in [0.2, 0.25) is 0 Å². The summed E-state index contributed by atoms with van der Waals surface area (Å²) in [6.07, 6.45) is 2.98. The van der Waals surface area contributed by atoms with E-state index in [0.717, 1.165) is 31.7 Å². The highest BCUT2D eigenvalue weighted by molar-refractivity contribution is 7.99. The predicted molar refractivity (Wildman–Crippen MR) is 88.7 cm³/mol. The number of thioether (sulfide) groups is 1. The van der Waals surface area contributed by atoms with E-state index in [1.54, 1.807) is 0 Å². The standard InChI is InChI=1S/C18H25NOS/c1-13(2)14-7-8-18(20)19(10-9-14)11-15-12-21-17-6-4-3-5-16(15)17/h3-6,13-15H,7-12H2,1-2H3. The molecule has 0 radical (unpaired) electrons. The summed E-state index contributed by atoms with van der Waals surface area (Å²) in [4.78, 5) is 15.9. The zero-order valence-electron chi connectivity index (χ0n) is 13.0. The number of rotatable bonds is 3. The summed E-state index contributed by atoms with van der Waals surface area (Å²) in [6, 6.07) is 8.67. The monoisotopic (exact) mass is 303 g/mol. The Balaban J connectivity index is 1.66. The SMILES string of the molecule is CC(C)C1CCC(=O)N(CC2CSc3ccccc32)CC1. The third kappa shape index (κ3) is 3.28. The fourth-order valence-electron chi connectivity index (χ4n) is 3.56. The highest BCUT2D eigenvalue weighted by Gasteiger charge is 2.29. The molecule has 0 aromatic heterocycles. The largest absolute Gasteiger partial charge is 0.342 e. The van der Waals surface area contributed by atoms with Crippen molar-refractivity contribution in [3.8, 4) is 0 Å². The van der Waals surface area contributed by atoms with Crippen molar-refractivity contribution in [2.24, 2.45) is 11.8 Å². The summed E-state index contributed by atoms with van der Waals surface area (Å²) in [7, 11) is 0. The summed E-state index contributed by atoms with van der Waals surface area (Å²) in [6.45, 7) is 6.43. The average molecular weight is 303 g/mol. The van der Waals surface area contributed by atoms with Gasteiger partial charge in [-0.15, -0.1) is 11.8 Å². The first-order valence-electron chi connectivity index (χ1n) is 8.14. The smallest absolute Gasteiger partial charge is 0.222 e. The maximum Gasteiger partial charge on any atom is 0.222 e. The minimum Gasteiger partial charge on any atom is -0.342 e. The summed E-state index contributed by atoms with van der Waals surface area (Å²) in [5, 5.41) is 0. The summed E-state index contributed by atoms with van der Waals surface area (Å²) in [5.74, 6) is 3.42. The predicted octanol–water partition coefficient (Wildman–Crippen LogP) is 4.16. The summed E-state index contributed by atoms with van der Waals surface area (Å²) >= 11 is 1.94. The molecule has 1 aromatic carbocycles. The normalized spacial score (nSPS) is 26.0. The molecule has 2 nitrogen and oxygen atoms in total. The van der Waals surface area contributed by atoms with Crippen LogP contribution in [0.1, 0.15) is 44.6 Å². The van der Waals surface area contributed by atoms with Gasteiger partial charge in [0.2, 0.25) is 5.91 Å². The third-order valence-corrected chi connectivity index (χ3v) is 6.29. The number of amides is 1. The molecular weight excluding hydrogens is 278 g/mol. The molecule has 0 spiro atoms. The van der Waals surface area contributed by atoms with Crippen molar-refractivity contribution >= 4 is 17.7 Å². The van der Waals surface area contributed by atoms with Crippen molar-refractivity contribution in [2.45, 2.75) is 43.9 Å². The molecule has 2 aliphatic heterocycles. The van der Waals surface area contributed by atoms with Gasteiger partial charge in [-0.3, -0.25) is 4.79 Å². The lowest BCUT2D eigenvalue weighted by molar-refractivity contribution is -0.130. The second-order valence-electron chi connectivity index (χ2n) is 6.72. The number of nitrogens with zero attached hydrogens (tertiary/aromatic N) is 1. The molecule has 114 valence electrons. The average Bonchev–Trinajstić information content (AvgIpc) is 2.78. The molecule has 2 unspecified atom stereocenters. The van der Waals surface area contributed by atoms with Gasteiger partial charge in [0.15, 0.2) is 0 Å². The third-order valence-electron chi connectivity index (χ3n) is 5.03. The zero-order valence-corrected chi connectivity index (χ0v) is 13.9. The molecule has 1 saturated heterocycles. The Bertz CT molecular complexity index is 514. The molecule has 21 heavy (non-hydrogen) atoms. The van der Waals surface area contributed by atoms with Gasteiger partial charge in [0.1, 0.15) is 0 Å². The number of hydrogen-bond acceptors (Lipinski definition) is 2. The number of fused-ring (bicyclic) bond motifs is 1. The Morgan fingerprint density at radius 3 is 2.90 bits per heavy atom. The minimum atomic E-state index is 0.368. The van der Waals surface area contributed by atoms with Crippen LogP contribution in [-0.4, -0.2) is 29.6 Å². The van der Waals surface area contributed by atoms with Crippen LogP contribution in [0.5, 0.6) is 0 Å². The Labute approximate surface area is 132 Å². The highest BCUT2D eigenvalue weighted by atomic mass is 32.2. The Hall–Kier alpha value is -0.960. The van der Waals surface area contributed by atoms with Gasteiger partial charge < -0.3 is 4.90 Å². The molecule has 3 heteroatoms. The quantitative estimate of drug-likeness (QED) is 0.835. The van der Waals surface area contributed by atoms with E-state index in [2.05, 4.69) is 43.0 Å². The van der Waals surface area contributed by atoms with Gasteiger partial charge in [-0.1, -0.05) is 32.0 Å². The van der Waals surface area contributed by atoms with Crippen LogP contribution in [0, 0.1) is 11.8 Å². The second-order valence-corrected chi connectivity index (χ2v) is 7.78. The number of likely N-dealkylation sites (tertiary alicyclic amines) is 1. The first kappa shape index (κ1) is 15.0.